The van der Waals surface area contributed by atoms with Gasteiger partial charge in [-0.15, -0.1) is 11.3 Å². The van der Waals surface area contributed by atoms with Gasteiger partial charge in [-0.05, 0) is 18.2 Å². The zero-order valence-electron chi connectivity index (χ0n) is 12.8. The van der Waals surface area contributed by atoms with Gasteiger partial charge in [0.25, 0.3) is 0 Å². The molecule has 0 bridgehead atoms. The molecule has 0 spiro atoms. The second-order valence-electron chi connectivity index (χ2n) is 4.80. The van der Waals surface area contributed by atoms with Crippen molar-refractivity contribution in [2.45, 2.75) is 0 Å². The molecule has 7 nitrogen and oxygen atoms in total. The first-order valence-electron chi connectivity index (χ1n) is 7.37. The first-order chi connectivity index (χ1) is 11.8. The van der Waals surface area contributed by atoms with Crippen LogP contribution >= 0.6 is 11.3 Å². The van der Waals surface area contributed by atoms with E-state index in [1.54, 1.807) is 36.0 Å². The molecule has 0 atom stereocenters. The Hall–Kier alpha value is -3.00. The summed E-state index contributed by atoms with van der Waals surface area (Å²) < 4.78 is 0. The Bertz CT molecular complexity index is 778. The van der Waals surface area contributed by atoms with Gasteiger partial charge in [0.05, 0.1) is 0 Å². The molecule has 3 rings (SSSR count). The van der Waals surface area contributed by atoms with Crippen LogP contribution in [-0.2, 0) is 0 Å². The van der Waals surface area contributed by atoms with Crippen molar-refractivity contribution in [3.63, 3.8) is 0 Å². The van der Waals surface area contributed by atoms with Gasteiger partial charge in [-0.1, -0.05) is 12.1 Å². The minimum Gasteiger partial charge on any atom is -0.352 e. The third kappa shape index (κ3) is 4.50. The second-order valence-corrected chi connectivity index (χ2v) is 5.69. The number of urea groups is 1. The van der Waals surface area contributed by atoms with E-state index in [1.165, 1.54) is 0 Å². The first kappa shape index (κ1) is 15.9. The summed E-state index contributed by atoms with van der Waals surface area (Å²) in [6.07, 6.45) is 5.08. The molecule has 0 saturated carbocycles. The van der Waals surface area contributed by atoms with E-state index in [0.29, 0.717) is 19.0 Å². The third-order valence-electron chi connectivity index (χ3n) is 3.06. The number of nitrogens with zero attached hydrogens (tertiary/aromatic N) is 3. The predicted octanol–water partition coefficient (Wildman–Crippen LogP) is 2.83. The number of nitrogens with one attached hydrogen (secondary N) is 3. The van der Waals surface area contributed by atoms with E-state index in [4.69, 9.17) is 0 Å². The molecule has 0 aliphatic carbocycles. The van der Waals surface area contributed by atoms with Crippen LogP contribution in [0.5, 0.6) is 0 Å². The first-order valence-corrected chi connectivity index (χ1v) is 8.25. The third-order valence-corrected chi connectivity index (χ3v) is 3.88. The summed E-state index contributed by atoms with van der Waals surface area (Å²) in [5.74, 6) is 0.538. The molecule has 8 heteroatoms. The van der Waals surface area contributed by atoms with Crippen LogP contribution in [0.4, 0.5) is 16.4 Å². The molecule has 0 aliphatic rings. The van der Waals surface area contributed by atoms with Crippen molar-refractivity contribution in [3.8, 4) is 10.6 Å². The number of rotatable bonds is 6. The normalized spacial score (nSPS) is 10.2. The number of hydrogen-bond acceptors (Lipinski definition) is 6. The average molecular weight is 340 g/mol. The number of amides is 2. The van der Waals surface area contributed by atoms with E-state index in [2.05, 4.69) is 30.9 Å². The van der Waals surface area contributed by atoms with Gasteiger partial charge >= 0.3 is 6.03 Å². The molecule has 24 heavy (non-hydrogen) atoms. The lowest BCUT2D eigenvalue weighted by molar-refractivity contribution is 0.252. The van der Waals surface area contributed by atoms with Crippen LogP contribution in [0, 0.1) is 0 Å². The largest absolute Gasteiger partial charge is 0.352 e. The lowest BCUT2D eigenvalue weighted by atomic mass is 10.2. The highest BCUT2D eigenvalue weighted by Crippen LogP contribution is 2.24. The fourth-order valence-electron chi connectivity index (χ4n) is 2.01. The Morgan fingerprint density at radius 3 is 2.71 bits per heavy atom. The molecule has 2 amide bonds. The van der Waals surface area contributed by atoms with Crippen molar-refractivity contribution < 1.29 is 4.79 Å². The summed E-state index contributed by atoms with van der Waals surface area (Å²) >= 11 is 1.56. The molecule has 2 aromatic heterocycles. The quantitative estimate of drug-likeness (QED) is 0.600. The summed E-state index contributed by atoms with van der Waals surface area (Å²) in [6.45, 7) is 0.993. The summed E-state index contributed by atoms with van der Waals surface area (Å²) in [6, 6.07) is 9.08. The highest BCUT2D eigenvalue weighted by molar-refractivity contribution is 7.13. The van der Waals surface area contributed by atoms with Crippen LogP contribution in [-0.4, -0.2) is 34.1 Å². The Morgan fingerprint density at radius 1 is 1.04 bits per heavy atom. The standard InChI is InChI=1S/C16H16N6OS/c23-16(21-8-7-20-15-18-5-2-6-19-15)22-13-4-1-3-12(11-13)14-17-9-10-24-14/h1-6,9-11H,7-8H2,(H,18,19,20)(H2,21,22,23). The van der Waals surface area contributed by atoms with Crippen LogP contribution in [0.2, 0.25) is 0 Å². The molecule has 1 aromatic carbocycles. The maximum atomic E-state index is 11.9. The zero-order valence-corrected chi connectivity index (χ0v) is 13.6. The highest BCUT2D eigenvalue weighted by atomic mass is 32.1. The van der Waals surface area contributed by atoms with Gasteiger partial charge in [-0.25, -0.2) is 19.7 Å². The van der Waals surface area contributed by atoms with Gasteiger partial charge in [0, 0.05) is 48.3 Å². The topological polar surface area (TPSA) is 91.8 Å². The van der Waals surface area contributed by atoms with Gasteiger partial charge < -0.3 is 16.0 Å². The lowest BCUT2D eigenvalue weighted by Gasteiger charge is -2.09. The van der Waals surface area contributed by atoms with Crippen LogP contribution in [0.15, 0.2) is 54.3 Å². The van der Waals surface area contributed by atoms with Gasteiger partial charge in [-0.3, -0.25) is 0 Å². The SMILES string of the molecule is O=C(NCCNc1ncccn1)Nc1cccc(-c2nccs2)c1. The molecule has 2 heterocycles. The van der Waals surface area contributed by atoms with Crippen LogP contribution in [0.3, 0.4) is 0 Å². The average Bonchev–Trinajstić information content (AvgIpc) is 3.15. The fourth-order valence-corrected chi connectivity index (χ4v) is 2.65. The van der Waals surface area contributed by atoms with E-state index in [9.17, 15) is 4.79 Å². The zero-order chi connectivity index (χ0) is 16.6. The minimum absolute atomic E-state index is 0.262. The van der Waals surface area contributed by atoms with Gasteiger partial charge in [-0.2, -0.15) is 0 Å². The molecule has 0 fully saturated rings. The van der Waals surface area contributed by atoms with E-state index < -0.39 is 0 Å². The molecular weight excluding hydrogens is 324 g/mol. The number of carbonyl (C=O) groups excluding carboxylic acids is 1. The molecular formula is C16H16N6OS. The number of anilines is 2. The van der Waals surface area contributed by atoms with Crippen molar-refractivity contribution in [2.75, 3.05) is 23.7 Å². The molecule has 0 aliphatic heterocycles. The number of aromatic nitrogens is 3. The summed E-state index contributed by atoms with van der Waals surface area (Å²) in [4.78, 5) is 24.3. The Labute approximate surface area is 143 Å². The predicted molar refractivity (Wildman–Crippen MR) is 95.1 cm³/mol. The molecule has 3 aromatic rings. The van der Waals surface area contributed by atoms with Crippen LogP contribution in [0.1, 0.15) is 0 Å². The van der Waals surface area contributed by atoms with Crippen molar-refractivity contribution in [1.82, 2.24) is 20.3 Å². The van der Waals surface area contributed by atoms with E-state index in [1.807, 2.05) is 29.6 Å². The molecule has 0 radical (unpaired) electrons. The van der Waals surface area contributed by atoms with Crippen molar-refractivity contribution in [2.24, 2.45) is 0 Å². The number of thiazole rings is 1. The number of benzene rings is 1. The smallest absolute Gasteiger partial charge is 0.319 e. The molecule has 3 N–H and O–H groups in total. The van der Waals surface area contributed by atoms with E-state index >= 15 is 0 Å². The maximum Gasteiger partial charge on any atom is 0.319 e. The highest BCUT2D eigenvalue weighted by Gasteiger charge is 2.04. The summed E-state index contributed by atoms with van der Waals surface area (Å²) in [5.41, 5.74) is 1.70. The van der Waals surface area contributed by atoms with Crippen molar-refractivity contribution in [1.29, 1.82) is 0 Å². The summed E-state index contributed by atoms with van der Waals surface area (Å²) in [5, 5.41) is 11.4. The fraction of sp³-hybridized carbons (Fsp3) is 0.125. The minimum atomic E-state index is -0.262. The Kier molecular flexibility index (Phi) is 5.31. The van der Waals surface area contributed by atoms with Crippen molar-refractivity contribution >= 4 is 29.0 Å². The lowest BCUT2D eigenvalue weighted by Crippen LogP contribution is -2.32. The van der Waals surface area contributed by atoms with Crippen LogP contribution < -0.4 is 16.0 Å². The maximum absolute atomic E-state index is 11.9. The van der Waals surface area contributed by atoms with Crippen molar-refractivity contribution in [3.05, 3.63) is 54.3 Å². The molecule has 122 valence electrons. The number of carbonyl (C=O) groups is 1. The Morgan fingerprint density at radius 2 is 1.92 bits per heavy atom. The molecule has 0 saturated heterocycles. The van der Waals surface area contributed by atoms with Crippen LogP contribution in [0.25, 0.3) is 10.6 Å². The van der Waals surface area contributed by atoms with E-state index in [0.717, 1.165) is 16.3 Å². The second kappa shape index (κ2) is 8.02. The van der Waals surface area contributed by atoms with Gasteiger partial charge in [0.1, 0.15) is 5.01 Å². The Balaban J connectivity index is 1.46. The summed E-state index contributed by atoms with van der Waals surface area (Å²) in [7, 11) is 0. The molecule has 0 unspecified atom stereocenters. The van der Waals surface area contributed by atoms with E-state index in [-0.39, 0.29) is 6.03 Å². The number of hydrogen-bond donors (Lipinski definition) is 3. The monoisotopic (exact) mass is 340 g/mol. The van der Waals surface area contributed by atoms with Gasteiger partial charge in [0.15, 0.2) is 0 Å². The van der Waals surface area contributed by atoms with Gasteiger partial charge in [0.2, 0.25) is 5.95 Å².